The number of aromatic nitrogens is 3. The van der Waals surface area contributed by atoms with Crippen LogP contribution in [0.2, 0.25) is 0 Å². The summed E-state index contributed by atoms with van der Waals surface area (Å²) in [7, 11) is 2.03. The predicted octanol–water partition coefficient (Wildman–Crippen LogP) is 3.07. The molecule has 4 heteroatoms. The molecule has 0 saturated heterocycles. The third-order valence-corrected chi connectivity index (χ3v) is 5.20. The Hall–Kier alpha value is -0.900. The van der Waals surface area contributed by atoms with Gasteiger partial charge in [-0.1, -0.05) is 38.5 Å². The number of aryl methyl sites for hydroxylation is 1. The number of nitrogens with zero attached hydrogens (tertiary/aromatic N) is 3. The van der Waals surface area contributed by atoms with Crippen LogP contribution in [0.5, 0.6) is 0 Å². The first-order valence-corrected chi connectivity index (χ1v) is 8.35. The van der Waals surface area contributed by atoms with Crippen molar-refractivity contribution in [3.05, 3.63) is 11.6 Å². The molecule has 2 N–H and O–H groups in total. The van der Waals surface area contributed by atoms with E-state index in [1.54, 1.807) is 0 Å². The van der Waals surface area contributed by atoms with Gasteiger partial charge < -0.3 is 5.73 Å². The Kier molecular flexibility index (Phi) is 4.11. The highest BCUT2D eigenvalue weighted by atomic mass is 15.3. The highest BCUT2D eigenvalue weighted by Gasteiger charge is 2.30. The Balaban J connectivity index is 1.71. The maximum atomic E-state index is 6.57. The van der Waals surface area contributed by atoms with Gasteiger partial charge in [0.15, 0.2) is 5.82 Å². The van der Waals surface area contributed by atoms with Gasteiger partial charge in [0, 0.05) is 24.9 Å². The topological polar surface area (TPSA) is 56.7 Å². The molecular formula is C16H28N4. The van der Waals surface area contributed by atoms with Crippen LogP contribution < -0.4 is 5.73 Å². The second-order valence-corrected chi connectivity index (χ2v) is 6.94. The van der Waals surface area contributed by atoms with Crippen LogP contribution in [-0.2, 0) is 13.5 Å². The molecule has 0 bridgehead atoms. The minimum atomic E-state index is -0.0388. The van der Waals surface area contributed by atoms with Crippen molar-refractivity contribution < 1.29 is 0 Å². The van der Waals surface area contributed by atoms with Crippen molar-refractivity contribution in [1.29, 1.82) is 0 Å². The van der Waals surface area contributed by atoms with E-state index in [1.807, 2.05) is 11.7 Å². The molecule has 20 heavy (non-hydrogen) atoms. The first-order chi connectivity index (χ1) is 9.66. The van der Waals surface area contributed by atoms with Gasteiger partial charge in [-0.05, 0) is 25.7 Å². The Morgan fingerprint density at radius 2 is 1.75 bits per heavy atom. The van der Waals surface area contributed by atoms with Crippen LogP contribution in [0.15, 0.2) is 0 Å². The van der Waals surface area contributed by atoms with E-state index in [1.165, 1.54) is 51.4 Å². The van der Waals surface area contributed by atoms with Gasteiger partial charge in [0.25, 0.3) is 0 Å². The van der Waals surface area contributed by atoms with Gasteiger partial charge >= 0.3 is 0 Å². The van der Waals surface area contributed by atoms with Gasteiger partial charge in [0.1, 0.15) is 5.82 Å². The molecule has 2 saturated carbocycles. The first kappa shape index (κ1) is 14.1. The first-order valence-electron chi connectivity index (χ1n) is 8.35. The summed E-state index contributed by atoms with van der Waals surface area (Å²) in [5.41, 5.74) is 6.53. The molecule has 2 aliphatic rings. The average Bonchev–Trinajstić information content (AvgIpc) is 2.81. The normalized spacial score (nSPS) is 23.9. The molecule has 4 nitrogen and oxygen atoms in total. The molecule has 0 aliphatic heterocycles. The van der Waals surface area contributed by atoms with E-state index in [0.717, 1.165) is 30.9 Å². The lowest BCUT2D eigenvalue weighted by atomic mass is 9.80. The van der Waals surface area contributed by atoms with E-state index in [9.17, 15) is 0 Å². The SMILES string of the molecule is Cn1nc(C2CCCCC2)nc1CC1(N)CCCCC1. The Morgan fingerprint density at radius 1 is 1.10 bits per heavy atom. The van der Waals surface area contributed by atoms with Crippen LogP contribution in [-0.4, -0.2) is 20.3 Å². The lowest BCUT2D eigenvalue weighted by Gasteiger charge is -2.32. The minimum absolute atomic E-state index is 0.0388. The Bertz CT molecular complexity index is 439. The summed E-state index contributed by atoms with van der Waals surface area (Å²) in [5.74, 6) is 2.75. The molecule has 1 aromatic rings. The van der Waals surface area contributed by atoms with Crippen molar-refractivity contribution in [2.45, 2.75) is 82.1 Å². The number of rotatable bonds is 3. The van der Waals surface area contributed by atoms with Crippen LogP contribution in [0.1, 0.15) is 81.8 Å². The molecule has 2 aliphatic carbocycles. The molecule has 112 valence electrons. The average molecular weight is 276 g/mol. The Morgan fingerprint density at radius 3 is 2.45 bits per heavy atom. The van der Waals surface area contributed by atoms with Crippen LogP contribution >= 0.6 is 0 Å². The van der Waals surface area contributed by atoms with Gasteiger partial charge in [-0.15, -0.1) is 0 Å². The highest BCUT2D eigenvalue weighted by Crippen LogP contribution is 2.32. The lowest BCUT2D eigenvalue weighted by Crippen LogP contribution is -2.44. The summed E-state index contributed by atoms with van der Waals surface area (Å²) < 4.78 is 1.98. The molecule has 0 atom stereocenters. The molecule has 1 aromatic heterocycles. The number of hydrogen-bond donors (Lipinski definition) is 1. The predicted molar refractivity (Wildman–Crippen MR) is 80.5 cm³/mol. The van der Waals surface area contributed by atoms with E-state index in [-0.39, 0.29) is 5.54 Å². The van der Waals surface area contributed by atoms with E-state index in [2.05, 4.69) is 5.10 Å². The van der Waals surface area contributed by atoms with Crippen molar-refractivity contribution in [3.8, 4) is 0 Å². The van der Waals surface area contributed by atoms with Crippen LogP contribution in [0.3, 0.4) is 0 Å². The van der Waals surface area contributed by atoms with Crippen molar-refractivity contribution in [3.63, 3.8) is 0 Å². The minimum Gasteiger partial charge on any atom is -0.325 e. The molecular weight excluding hydrogens is 248 g/mol. The summed E-state index contributed by atoms with van der Waals surface area (Å²) in [4.78, 5) is 4.84. The summed E-state index contributed by atoms with van der Waals surface area (Å²) in [6.07, 6.45) is 13.6. The van der Waals surface area contributed by atoms with Gasteiger partial charge in [0.05, 0.1) is 0 Å². The van der Waals surface area contributed by atoms with Crippen molar-refractivity contribution in [1.82, 2.24) is 14.8 Å². The van der Waals surface area contributed by atoms with Crippen LogP contribution in [0.25, 0.3) is 0 Å². The lowest BCUT2D eigenvalue weighted by molar-refractivity contribution is 0.287. The monoisotopic (exact) mass is 276 g/mol. The molecule has 2 fully saturated rings. The summed E-state index contributed by atoms with van der Waals surface area (Å²) in [5, 5.41) is 4.68. The van der Waals surface area contributed by atoms with Gasteiger partial charge in [-0.25, -0.2) is 4.98 Å². The zero-order chi connectivity index (χ0) is 14.0. The third kappa shape index (κ3) is 3.05. The fraction of sp³-hybridized carbons (Fsp3) is 0.875. The fourth-order valence-corrected chi connectivity index (χ4v) is 3.87. The smallest absolute Gasteiger partial charge is 0.154 e. The third-order valence-electron chi connectivity index (χ3n) is 5.20. The summed E-state index contributed by atoms with van der Waals surface area (Å²) >= 11 is 0. The van der Waals surface area contributed by atoms with Gasteiger partial charge in [0.2, 0.25) is 0 Å². The molecule has 0 spiro atoms. The molecule has 0 unspecified atom stereocenters. The highest BCUT2D eigenvalue weighted by molar-refractivity contribution is 5.05. The van der Waals surface area contributed by atoms with Crippen molar-refractivity contribution >= 4 is 0 Å². The number of hydrogen-bond acceptors (Lipinski definition) is 3. The van der Waals surface area contributed by atoms with E-state index in [0.29, 0.717) is 5.92 Å². The fourth-order valence-electron chi connectivity index (χ4n) is 3.87. The quantitative estimate of drug-likeness (QED) is 0.923. The van der Waals surface area contributed by atoms with E-state index in [4.69, 9.17) is 10.7 Å². The molecule has 0 amide bonds. The second-order valence-electron chi connectivity index (χ2n) is 6.94. The summed E-state index contributed by atoms with van der Waals surface area (Å²) in [6.45, 7) is 0. The largest absolute Gasteiger partial charge is 0.325 e. The van der Waals surface area contributed by atoms with E-state index >= 15 is 0 Å². The number of nitrogens with two attached hydrogens (primary N) is 1. The maximum Gasteiger partial charge on any atom is 0.154 e. The second kappa shape index (κ2) is 5.84. The Labute approximate surface area is 122 Å². The zero-order valence-corrected chi connectivity index (χ0v) is 12.8. The van der Waals surface area contributed by atoms with Gasteiger partial charge in [-0.2, -0.15) is 5.10 Å². The molecule has 0 aromatic carbocycles. The van der Waals surface area contributed by atoms with Gasteiger partial charge in [-0.3, -0.25) is 4.68 Å². The van der Waals surface area contributed by atoms with Crippen LogP contribution in [0.4, 0.5) is 0 Å². The zero-order valence-electron chi connectivity index (χ0n) is 12.8. The van der Waals surface area contributed by atoms with Crippen molar-refractivity contribution in [2.75, 3.05) is 0 Å². The van der Waals surface area contributed by atoms with E-state index < -0.39 is 0 Å². The maximum absolute atomic E-state index is 6.57. The molecule has 1 heterocycles. The van der Waals surface area contributed by atoms with Crippen LogP contribution in [0, 0.1) is 0 Å². The molecule has 0 radical (unpaired) electrons. The van der Waals surface area contributed by atoms with Crippen molar-refractivity contribution in [2.24, 2.45) is 12.8 Å². The summed E-state index contributed by atoms with van der Waals surface area (Å²) in [6, 6.07) is 0. The standard InChI is InChI=1S/C16H28N4/c1-20-14(12-16(17)10-6-3-7-11-16)18-15(19-20)13-8-4-2-5-9-13/h13H,2-12,17H2,1H3. The molecule has 3 rings (SSSR count).